The van der Waals surface area contributed by atoms with Gasteiger partial charge in [0.15, 0.2) is 6.67 Å². The molecular weight excluding hydrogens is 374 g/mol. The van der Waals surface area contributed by atoms with Crippen LogP contribution < -0.4 is 15.0 Å². The summed E-state index contributed by atoms with van der Waals surface area (Å²) in [5.74, 6) is 0.459. The minimum Gasteiger partial charge on any atom is -0.497 e. The second-order valence-corrected chi connectivity index (χ2v) is 8.60. The van der Waals surface area contributed by atoms with E-state index in [0.717, 1.165) is 24.9 Å². The van der Waals surface area contributed by atoms with Crippen molar-refractivity contribution >= 4 is 23.3 Å². The fourth-order valence-corrected chi connectivity index (χ4v) is 5.35. The van der Waals surface area contributed by atoms with E-state index in [0.29, 0.717) is 18.5 Å². The van der Waals surface area contributed by atoms with Gasteiger partial charge in [-0.3, -0.25) is 4.79 Å². The molecule has 1 aromatic heterocycles. The van der Waals surface area contributed by atoms with E-state index in [1.54, 1.807) is 25.4 Å². The van der Waals surface area contributed by atoms with Gasteiger partial charge in [-0.05, 0) is 36.1 Å². The van der Waals surface area contributed by atoms with Crippen LogP contribution in [0.25, 0.3) is 0 Å². The number of carbonyl (C=O) groups excluding carboxylic acids is 2. The van der Waals surface area contributed by atoms with Gasteiger partial charge in [0, 0.05) is 23.3 Å². The van der Waals surface area contributed by atoms with Gasteiger partial charge < -0.3 is 15.0 Å². The zero-order chi connectivity index (χ0) is 19.9. The van der Waals surface area contributed by atoms with Crippen molar-refractivity contribution in [2.24, 2.45) is 0 Å². The molecule has 2 N–H and O–H groups in total. The third kappa shape index (κ3) is 2.99. The molecule has 1 aromatic carbocycles. The molecule has 3 heterocycles. The summed E-state index contributed by atoms with van der Waals surface area (Å²) in [4.78, 5) is 30.1. The first kappa shape index (κ1) is 19.0. The van der Waals surface area contributed by atoms with Crippen molar-refractivity contribution in [1.29, 1.82) is 0 Å². The fraction of sp³-hybridized carbons (Fsp3) is 0.429. The van der Waals surface area contributed by atoms with E-state index in [-0.39, 0.29) is 11.9 Å². The predicted octanol–water partition coefficient (Wildman–Crippen LogP) is 2.07. The van der Waals surface area contributed by atoms with Crippen LogP contribution in [0.4, 0.5) is 4.79 Å². The van der Waals surface area contributed by atoms with Crippen LogP contribution in [0.5, 0.6) is 5.75 Å². The molecule has 28 heavy (non-hydrogen) atoms. The van der Waals surface area contributed by atoms with Crippen molar-refractivity contribution in [1.82, 2.24) is 10.2 Å². The van der Waals surface area contributed by atoms with E-state index in [2.05, 4.69) is 23.7 Å². The minimum absolute atomic E-state index is 0.204. The van der Waals surface area contributed by atoms with E-state index < -0.39 is 5.54 Å². The first-order valence-electron chi connectivity index (χ1n) is 9.67. The number of thiophene rings is 1. The highest BCUT2D eigenvalue weighted by molar-refractivity contribution is 7.10. The summed E-state index contributed by atoms with van der Waals surface area (Å²) in [6, 6.07) is 9.51. The van der Waals surface area contributed by atoms with Gasteiger partial charge in [0.25, 0.3) is 5.91 Å². The third-order valence-electron chi connectivity index (χ3n) is 6.01. The minimum atomic E-state index is -1.07. The lowest BCUT2D eigenvalue weighted by molar-refractivity contribution is -0.940. The molecule has 1 saturated heterocycles. The Balaban J connectivity index is 1.58. The van der Waals surface area contributed by atoms with Crippen LogP contribution in [-0.2, 0) is 16.8 Å². The quantitative estimate of drug-likeness (QED) is 0.756. The number of nitrogens with zero attached hydrogens (tertiary/aromatic N) is 1. The number of urea groups is 1. The number of ether oxygens (including phenoxy) is 1. The summed E-state index contributed by atoms with van der Waals surface area (Å²) < 4.78 is 5.28. The number of fused-ring (bicyclic) bond motifs is 1. The molecule has 1 fully saturated rings. The van der Waals surface area contributed by atoms with Crippen LogP contribution in [0.3, 0.4) is 0 Å². The Morgan fingerprint density at radius 1 is 1.36 bits per heavy atom. The van der Waals surface area contributed by atoms with Gasteiger partial charge in [0.05, 0.1) is 13.7 Å². The van der Waals surface area contributed by atoms with Crippen LogP contribution in [0.15, 0.2) is 35.7 Å². The molecule has 2 aliphatic rings. The number of imide groups is 1. The van der Waals surface area contributed by atoms with Gasteiger partial charge in [-0.1, -0.05) is 19.1 Å². The second kappa shape index (κ2) is 7.22. The predicted molar refractivity (Wildman–Crippen MR) is 107 cm³/mol. The van der Waals surface area contributed by atoms with Crippen LogP contribution in [0.2, 0.25) is 0 Å². The number of hydrogen-bond acceptors (Lipinski definition) is 4. The molecule has 3 atom stereocenters. The Hall–Kier alpha value is -2.38. The molecule has 0 aliphatic carbocycles. The maximum atomic E-state index is 13.3. The summed E-state index contributed by atoms with van der Waals surface area (Å²) in [6.45, 7) is 5.25. The largest absolute Gasteiger partial charge is 0.497 e. The summed E-state index contributed by atoms with van der Waals surface area (Å²) in [5, 5.41) is 5.05. The Labute approximate surface area is 169 Å². The molecule has 3 amide bonds. The summed E-state index contributed by atoms with van der Waals surface area (Å²) >= 11 is 1.81. The molecule has 0 bridgehead atoms. The van der Waals surface area contributed by atoms with E-state index >= 15 is 0 Å². The first-order valence-corrected chi connectivity index (χ1v) is 10.6. The zero-order valence-corrected chi connectivity index (χ0v) is 17.3. The van der Waals surface area contributed by atoms with Crippen molar-refractivity contribution in [3.05, 3.63) is 51.7 Å². The average Bonchev–Trinajstić information content (AvgIpc) is 3.27. The molecule has 4 rings (SSSR count). The van der Waals surface area contributed by atoms with Crippen molar-refractivity contribution in [2.75, 3.05) is 20.3 Å². The van der Waals surface area contributed by atoms with Gasteiger partial charge in [0.2, 0.25) is 0 Å². The Kier molecular flexibility index (Phi) is 4.89. The maximum absolute atomic E-state index is 13.3. The van der Waals surface area contributed by atoms with Crippen molar-refractivity contribution < 1.29 is 19.2 Å². The van der Waals surface area contributed by atoms with Gasteiger partial charge in [-0.15, -0.1) is 11.3 Å². The monoisotopic (exact) mass is 400 g/mol. The van der Waals surface area contributed by atoms with E-state index in [1.165, 1.54) is 20.2 Å². The van der Waals surface area contributed by atoms with Crippen LogP contribution in [0, 0.1) is 0 Å². The number of amides is 3. The second-order valence-electron chi connectivity index (χ2n) is 7.60. The number of carbonyl (C=O) groups is 2. The lowest BCUT2D eigenvalue weighted by Crippen LogP contribution is -3.14. The first-order chi connectivity index (χ1) is 13.5. The number of benzene rings is 1. The van der Waals surface area contributed by atoms with Gasteiger partial charge in [-0.2, -0.15) is 0 Å². The van der Waals surface area contributed by atoms with E-state index in [9.17, 15) is 9.59 Å². The zero-order valence-electron chi connectivity index (χ0n) is 16.5. The molecule has 1 unspecified atom stereocenters. The van der Waals surface area contributed by atoms with Crippen molar-refractivity contribution in [3.63, 3.8) is 0 Å². The molecule has 0 radical (unpaired) electrons. The van der Waals surface area contributed by atoms with Crippen molar-refractivity contribution in [2.45, 2.75) is 38.3 Å². The van der Waals surface area contributed by atoms with Crippen LogP contribution in [-0.4, -0.2) is 37.2 Å². The lowest BCUT2D eigenvalue weighted by atomic mass is 9.92. The Bertz CT molecular complexity index is 912. The molecule has 2 aliphatic heterocycles. The highest BCUT2D eigenvalue weighted by Gasteiger charge is 2.51. The lowest BCUT2D eigenvalue weighted by Gasteiger charge is -2.34. The molecule has 0 spiro atoms. The number of quaternary nitrogens is 1. The summed E-state index contributed by atoms with van der Waals surface area (Å²) in [7, 11) is 1.59. The molecule has 2 aromatic rings. The third-order valence-corrected chi connectivity index (χ3v) is 7.01. The van der Waals surface area contributed by atoms with Gasteiger partial charge in [0.1, 0.15) is 17.3 Å². The molecule has 6 nitrogen and oxygen atoms in total. The van der Waals surface area contributed by atoms with Crippen LogP contribution >= 0.6 is 11.3 Å². The smallest absolute Gasteiger partial charge is 0.329 e. The van der Waals surface area contributed by atoms with Gasteiger partial charge in [-0.25, -0.2) is 9.69 Å². The highest BCUT2D eigenvalue weighted by atomic mass is 32.1. The molecule has 7 heteroatoms. The topological polar surface area (TPSA) is 63.1 Å². The molecule has 0 saturated carbocycles. The molecular formula is C21H26N3O3S+. The van der Waals surface area contributed by atoms with Gasteiger partial charge >= 0.3 is 6.03 Å². The number of rotatable bonds is 5. The Morgan fingerprint density at radius 2 is 2.18 bits per heavy atom. The Morgan fingerprint density at radius 3 is 2.93 bits per heavy atom. The number of methoxy groups -OCH3 is 1. The fourth-order valence-electron chi connectivity index (χ4n) is 4.40. The highest BCUT2D eigenvalue weighted by Crippen LogP contribution is 2.31. The normalized spacial score (nSPS) is 26.9. The summed E-state index contributed by atoms with van der Waals surface area (Å²) in [5.41, 5.74) is 1.03. The number of nitrogens with one attached hydrogen (secondary N) is 2. The maximum Gasteiger partial charge on any atom is 0.329 e. The van der Waals surface area contributed by atoms with E-state index in [1.807, 2.05) is 24.3 Å². The van der Waals surface area contributed by atoms with Crippen LogP contribution in [0.1, 0.15) is 42.3 Å². The number of hydrogen-bond donors (Lipinski definition) is 2. The molecule has 148 valence electrons. The summed E-state index contributed by atoms with van der Waals surface area (Å²) in [6.07, 6.45) is 1.98. The average molecular weight is 401 g/mol. The standard InChI is InChI=1S/C21H25N3O3S/c1-4-17-16-9-11-28-18(16)8-10-23(17)13-24-19(25)21(2,22-20(24)26)14-6-5-7-15(12-14)27-3/h5-7,9,11-12,17H,4,8,10,13H2,1-3H3,(H,22,26)/p+1/t17-,21+/m0/s1. The van der Waals surface area contributed by atoms with Crippen molar-refractivity contribution in [3.8, 4) is 5.75 Å². The SMILES string of the molecule is CC[C@H]1c2ccsc2CC[NH+]1CN1C(=O)N[C@](C)(c2cccc(OC)c2)C1=O. The van der Waals surface area contributed by atoms with E-state index in [4.69, 9.17) is 4.74 Å².